The Bertz CT molecular complexity index is 621. The lowest BCUT2D eigenvalue weighted by Gasteiger charge is -2.40. The van der Waals surface area contributed by atoms with Gasteiger partial charge in [0.15, 0.2) is 8.32 Å². The van der Waals surface area contributed by atoms with Crippen LogP contribution in [0.2, 0.25) is 18.1 Å². The quantitative estimate of drug-likeness (QED) is 0.155. The second kappa shape index (κ2) is 12.6. The smallest absolute Gasteiger partial charge is 0.192 e. The van der Waals surface area contributed by atoms with Gasteiger partial charge < -0.3 is 23.4 Å². The van der Waals surface area contributed by atoms with Gasteiger partial charge in [0.25, 0.3) is 0 Å². The van der Waals surface area contributed by atoms with E-state index in [2.05, 4.69) is 40.4 Å². The van der Waals surface area contributed by atoms with Crippen LogP contribution in [0.5, 0.6) is 5.75 Å². The Morgan fingerprint density at radius 3 is 2.23 bits per heavy atom. The van der Waals surface area contributed by atoms with Crippen molar-refractivity contribution in [2.24, 2.45) is 0 Å². The van der Waals surface area contributed by atoms with Gasteiger partial charge in [-0.2, -0.15) is 0 Å². The highest BCUT2D eigenvalue weighted by atomic mass is 28.4. The third-order valence-corrected chi connectivity index (χ3v) is 10.2. The predicted molar refractivity (Wildman–Crippen MR) is 126 cm³/mol. The largest absolute Gasteiger partial charge is 0.497 e. The molecule has 0 N–H and O–H groups in total. The van der Waals surface area contributed by atoms with Crippen LogP contribution in [0.4, 0.5) is 0 Å². The molecule has 0 aliphatic heterocycles. The van der Waals surface area contributed by atoms with E-state index in [-0.39, 0.29) is 24.0 Å². The van der Waals surface area contributed by atoms with Crippen molar-refractivity contribution in [1.82, 2.24) is 0 Å². The molecule has 6 heteroatoms. The maximum absolute atomic E-state index is 6.73. The molecule has 0 spiro atoms. The molecule has 1 aromatic rings. The summed E-state index contributed by atoms with van der Waals surface area (Å²) in [6.45, 7) is 18.9. The van der Waals surface area contributed by atoms with Gasteiger partial charge in [0.1, 0.15) is 12.5 Å². The molecule has 30 heavy (non-hydrogen) atoms. The summed E-state index contributed by atoms with van der Waals surface area (Å²) in [7, 11) is 1.38. The molecule has 2 atom stereocenters. The van der Waals surface area contributed by atoms with Gasteiger partial charge in [0.2, 0.25) is 0 Å². The summed E-state index contributed by atoms with van der Waals surface area (Å²) in [6.07, 6.45) is 1.50. The minimum atomic E-state index is -1.92. The van der Waals surface area contributed by atoms with E-state index in [0.29, 0.717) is 13.2 Å². The minimum Gasteiger partial charge on any atom is -0.497 e. The standard InChI is InChI=1S/C24H42O5Si/c1-19(2)23(28-18-25-6)16-22(29-30(8,9)24(3,4)5)14-15-27-17-20-10-12-21(26-7)13-11-20/h10-13,22-23H,1,14-18H2,2-9H3/t22-,23-/m1/s1. The van der Waals surface area contributed by atoms with Crippen molar-refractivity contribution in [1.29, 1.82) is 0 Å². The molecule has 0 aromatic heterocycles. The third kappa shape index (κ3) is 9.31. The van der Waals surface area contributed by atoms with Gasteiger partial charge >= 0.3 is 0 Å². The van der Waals surface area contributed by atoms with Crippen LogP contribution in [0, 0.1) is 0 Å². The maximum Gasteiger partial charge on any atom is 0.192 e. The van der Waals surface area contributed by atoms with Crippen molar-refractivity contribution in [3.8, 4) is 5.75 Å². The SMILES string of the molecule is C=C(C)[C@@H](C[C@@H](CCOCc1ccc(OC)cc1)O[Si](C)(C)C(C)(C)C)OCOC. The zero-order valence-electron chi connectivity index (χ0n) is 20.2. The van der Waals surface area contributed by atoms with Crippen molar-refractivity contribution in [2.45, 2.75) is 77.5 Å². The molecule has 172 valence electrons. The minimum absolute atomic E-state index is 0.0420. The summed E-state index contributed by atoms with van der Waals surface area (Å²) in [5.41, 5.74) is 2.11. The Hall–Kier alpha value is -1.18. The lowest BCUT2D eigenvalue weighted by molar-refractivity contribution is -0.0717. The molecule has 0 fully saturated rings. The molecule has 0 aliphatic carbocycles. The lowest BCUT2D eigenvalue weighted by Crippen LogP contribution is -2.45. The van der Waals surface area contributed by atoms with Crippen LogP contribution in [0.25, 0.3) is 0 Å². The molecular weight excluding hydrogens is 396 g/mol. The van der Waals surface area contributed by atoms with Crippen LogP contribution in [0.1, 0.15) is 46.1 Å². The van der Waals surface area contributed by atoms with E-state index in [1.54, 1.807) is 14.2 Å². The summed E-state index contributed by atoms with van der Waals surface area (Å²) < 4.78 is 28.8. The zero-order valence-corrected chi connectivity index (χ0v) is 21.2. The molecule has 0 unspecified atom stereocenters. The molecule has 0 radical (unpaired) electrons. The average Bonchev–Trinajstić information content (AvgIpc) is 2.67. The first-order valence-corrected chi connectivity index (χ1v) is 13.6. The predicted octanol–water partition coefficient (Wildman–Crippen LogP) is 5.95. The van der Waals surface area contributed by atoms with Crippen LogP contribution in [0.3, 0.4) is 0 Å². The summed E-state index contributed by atoms with van der Waals surface area (Å²) in [6, 6.07) is 7.95. The summed E-state index contributed by atoms with van der Waals surface area (Å²) in [4.78, 5) is 0. The van der Waals surface area contributed by atoms with Crippen LogP contribution in [0.15, 0.2) is 36.4 Å². The number of hydrogen-bond acceptors (Lipinski definition) is 5. The fourth-order valence-corrected chi connectivity index (χ4v) is 4.15. The van der Waals surface area contributed by atoms with Crippen molar-refractivity contribution < 1.29 is 23.4 Å². The molecule has 5 nitrogen and oxygen atoms in total. The monoisotopic (exact) mass is 438 g/mol. The highest BCUT2D eigenvalue weighted by molar-refractivity contribution is 6.74. The van der Waals surface area contributed by atoms with Crippen LogP contribution in [-0.2, 0) is 25.2 Å². The molecule has 1 rings (SSSR count). The van der Waals surface area contributed by atoms with Gasteiger partial charge in [-0.1, -0.05) is 45.1 Å². The Labute approximate surface area is 184 Å². The molecule has 0 amide bonds. The van der Waals surface area contributed by atoms with E-state index in [1.165, 1.54) is 0 Å². The van der Waals surface area contributed by atoms with Gasteiger partial charge in [-0.05, 0) is 49.2 Å². The van der Waals surface area contributed by atoms with Crippen LogP contribution < -0.4 is 4.74 Å². The molecular formula is C24H42O5Si. The summed E-state index contributed by atoms with van der Waals surface area (Å²) in [5, 5.41) is 0.140. The second-order valence-electron chi connectivity index (χ2n) is 9.33. The Kier molecular flexibility index (Phi) is 11.3. The molecule has 0 saturated carbocycles. The van der Waals surface area contributed by atoms with Gasteiger partial charge in [0, 0.05) is 20.1 Å². The number of hydrogen-bond donors (Lipinski definition) is 0. The van der Waals surface area contributed by atoms with Crippen molar-refractivity contribution in [3.63, 3.8) is 0 Å². The number of methoxy groups -OCH3 is 2. The van der Waals surface area contributed by atoms with E-state index >= 15 is 0 Å². The van der Waals surface area contributed by atoms with E-state index in [1.807, 2.05) is 31.2 Å². The van der Waals surface area contributed by atoms with E-state index in [0.717, 1.165) is 29.7 Å². The van der Waals surface area contributed by atoms with Crippen molar-refractivity contribution >= 4 is 8.32 Å². The highest BCUT2D eigenvalue weighted by Gasteiger charge is 2.39. The van der Waals surface area contributed by atoms with Gasteiger partial charge in [-0.3, -0.25) is 0 Å². The normalized spacial score (nSPS) is 14.4. The topological polar surface area (TPSA) is 46.2 Å². The van der Waals surface area contributed by atoms with Crippen molar-refractivity contribution in [3.05, 3.63) is 42.0 Å². The lowest BCUT2D eigenvalue weighted by atomic mass is 10.0. The van der Waals surface area contributed by atoms with Crippen molar-refractivity contribution in [2.75, 3.05) is 27.6 Å². The third-order valence-electron chi connectivity index (χ3n) is 5.69. The van der Waals surface area contributed by atoms with Gasteiger partial charge in [-0.25, -0.2) is 0 Å². The molecule has 0 heterocycles. The summed E-state index contributed by atoms with van der Waals surface area (Å²) >= 11 is 0. The molecule has 1 aromatic carbocycles. The molecule has 0 bridgehead atoms. The van der Waals surface area contributed by atoms with Gasteiger partial charge in [-0.15, -0.1) is 0 Å². The van der Waals surface area contributed by atoms with E-state index in [4.69, 9.17) is 23.4 Å². The van der Waals surface area contributed by atoms with Crippen LogP contribution in [-0.4, -0.2) is 48.1 Å². The Balaban J connectivity index is 2.72. The maximum atomic E-state index is 6.73. The molecule has 0 aliphatic rings. The number of benzene rings is 1. The van der Waals surface area contributed by atoms with E-state index in [9.17, 15) is 0 Å². The first-order valence-electron chi connectivity index (χ1n) is 10.6. The number of ether oxygens (including phenoxy) is 4. The first kappa shape index (κ1) is 26.9. The van der Waals surface area contributed by atoms with Crippen LogP contribution >= 0.6 is 0 Å². The highest BCUT2D eigenvalue weighted by Crippen LogP contribution is 2.38. The summed E-state index contributed by atoms with van der Waals surface area (Å²) in [5.74, 6) is 0.850. The second-order valence-corrected chi connectivity index (χ2v) is 14.1. The average molecular weight is 439 g/mol. The Morgan fingerprint density at radius 2 is 1.73 bits per heavy atom. The van der Waals surface area contributed by atoms with Gasteiger partial charge in [0.05, 0.1) is 25.9 Å². The fourth-order valence-electron chi connectivity index (χ4n) is 2.75. The van der Waals surface area contributed by atoms with E-state index < -0.39 is 8.32 Å². The molecule has 0 saturated heterocycles. The Morgan fingerprint density at radius 1 is 1.10 bits per heavy atom. The first-order chi connectivity index (χ1) is 14.0. The zero-order chi connectivity index (χ0) is 22.8. The number of rotatable bonds is 14. The fraction of sp³-hybridized carbons (Fsp3) is 0.667.